The zero-order chi connectivity index (χ0) is 33.0. The Balaban J connectivity index is 1.24. The van der Waals surface area contributed by atoms with E-state index in [0.29, 0.717) is 31.6 Å². The van der Waals surface area contributed by atoms with Crippen molar-refractivity contribution < 1.29 is 38.1 Å². The highest BCUT2D eigenvalue weighted by Crippen LogP contribution is 2.59. The summed E-state index contributed by atoms with van der Waals surface area (Å²) in [6.07, 6.45) is 3.57. The molecule has 1 aliphatic carbocycles. The maximum Gasteiger partial charge on any atom is 0.414 e. The summed E-state index contributed by atoms with van der Waals surface area (Å²) in [7, 11) is 1.61. The number of epoxide rings is 2. The van der Waals surface area contributed by atoms with E-state index in [1.54, 1.807) is 25.3 Å². The second-order valence-corrected chi connectivity index (χ2v) is 14.8. The fourth-order valence-corrected chi connectivity index (χ4v) is 6.96. The Hall–Kier alpha value is -2.73. The van der Waals surface area contributed by atoms with Crippen LogP contribution in [-0.4, -0.2) is 72.7 Å². The minimum Gasteiger partial charge on any atom is -0.443 e. The number of alkyl carbamates (subject to hydrolysis) is 1. The summed E-state index contributed by atoms with van der Waals surface area (Å²) in [5.74, 6) is -0.669. The van der Waals surface area contributed by atoms with Crippen LogP contribution in [0.5, 0.6) is 0 Å². The molecule has 3 fully saturated rings. The number of carbonyl (C=O) groups is 4. The summed E-state index contributed by atoms with van der Waals surface area (Å²) in [5.41, 5.74) is 0.627. The van der Waals surface area contributed by atoms with E-state index >= 15 is 0 Å². The van der Waals surface area contributed by atoms with Crippen LogP contribution in [0.3, 0.4) is 0 Å². The fraction of sp³-hybridized carbons (Fsp3) is 0.647. The first-order valence-corrected chi connectivity index (χ1v) is 16.7. The molecule has 11 heteroatoms. The van der Waals surface area contributed by atoms with Gasteiger partial charge in [0.2, 0.25) is 11.8 Å². The smallest absolute Gasteiger partial charge is 0.414 e. The Labute approximate surface area is 270 Å². The largest absolute Gasteiger partial charge is 0.443 e. The molecule has 1 aromatic carbocycles. The van der Waals surface area contributed by atoms with Crippen LogP contribution in [0.15, 0.2) is 40.8 Å². The lowest BCUT2D eigenvalue weighted by atomic mass is 9.68. The number of ketones is 1. The Morgan fingerprint density at radius 3 is 2.51 bits per heavy atom. The van der Waals surface area contributed by atoms with Gasteiger partial charge in [0.25, 0.3) is 0 Å². The van der Waals surface area contributed by atoms with Gasteiger partial charge in [-0.25, -0.2) is 4.79 Å². The maximum absolute atomic E-state index is 12.8. The van der Waals surface area contributed by atoms with Gasteiger partial charge in [0.15, 0.2) is 0 Å². The van der Waals surface area contributed by atoms with Crippen LogP contribution in [0.4, 0.5) is 10.5 Å². The molecule has 3 aliphatic rings. The van der Waals surface area contributed by atoms with E-state index in [0.717, 1.165) is 17.7 Å². The third-order valence-electron chi connectivity index (χ3n) is 8.87. The molecule has 3 amide bonds. The topological polar surface area (TPSA) is 136 Å². The Morgan fingerprint density at radius 1 is 1.13 bits per heavy atom. The van der Waals surface area contributed by atoms with Crippen LogP contribution in [0.1, 0.15) is 80.1 Å². The Morgan fingerprint density at radius 2 is 1.87 bits per heavy atom. The molecule has 0 bridgehead atoms. The molecule has 2 saturated heterocycles. The molecule has 6 atom stereocenters. The van der Waals surface area contributed by atoms with Crippen molar-refractivity contribution in [2.75, 3.05) is 24.8 Å². The molecule has 0 aromatic heterocycles. The molecule has 1 unspecified atom stereocenters. The quantitative estimate of drug-likeness (QED) is 0.154. The van der Waals surface area contributed by atoms with Crippen LogP contribution in [0.2, 0.25) is 0 Å². The van der Waals surface area contributed by atoms with Crippen LogP contribution in [0.25, 0.3) is 0 Å². The Bertz CT molecular complexity index is 1300. The van der Waals surface area contributed by atoms with Gasteiger partial charge in [-0.05, 0) is 64.7 Å². The number of imide groups is 1. The summed E-state index contributed by atoms with van der Waals surface area (Å²) in [5, 5.41) is 5.18. The van der Waals surface area contributed by atoms with E-state index in [4.69, 9.17) is 18.9 Å². The van der Waals surface area contributed by atoms with E-state index in [-0.39, 0.29) is 41.5 Å². The summed E-state index contributed by atoms with van der Waals surface area (Å²) >= 11 is 1.24. The summed E-state index contributed by atoms with van der Waals surface area (Å²) < 4.78 is 23.8. The molecule has 10 nitrogen and oxygen atoms in total. The first-order chi connectivity index (χ1) is 21.2. The van der Waals surface area contributed by atoms with Crippen molar-refractivity contribution in [3.05, 3.63) is 35.9 Å². The number of Topliss-reactive ketones (excluding diaryl/α,β-unsaturated/α-hetero) is 1. The first kappa shape index (κ1) is 35.1. The SMILES string of the molecule is CO[C@H]1[C@H](C2(C)O[C@@H]2CC=C(C)C)[C@]2(CC[C@H]1OC(=O)NC(=O)CSc1cccc(NC(=O)CCCC(=O)C(C)(C)C)c1)CO2. The highest BCUT2D eigenvalue weighted by Gasteiger charge is 2.72. The molecule has 248 valence electrons. The summed E-state index contributed by atoms with van der Waals surface area (Å²) in [6, 6.07) is 7.13. The van der Waals surface area contributed by atoms with Crippen molar-refractivity contribution in [3.63, 3.8) is 0 Å². The number of allylic oxidation sites excluding steroid dienone is 1. The zero-order valence-corrected chi connectivity index (χ0v) is 28.3. The first-order valence-electron chi connectivity index (χ1n) is 15.7. The Kier molecular flexibility index (Phi) is 11.2. The number of nitrogens with one attached hydrogen (secondary N) is 2. The van der Waals surface area contributed by atoms with Crippen LogP contribution >= 0.6 is 11.8 Å². The van der Waals surface area contributed by atoms with Crippen molar-refractivity contribution >= 4 is 41.1 Å². The number of benzene rings is 1. The molecular formula is C34H48N2O8S. The third kappa shape index (κ3) is 9.18. The van der Waals surface area contributed by atoms with Crippen LogP contribution in [-0.2, 0) is 33.3 Å². The molecule has 1 saturated carbocycles. The lowest BCUT2D eigenvalue weighted by molar-refractivity contribution is -0.126. The summed E-state index contributed by atoms with van der Waals surface area (Å²) in [4.78, 5) is 50.6. The molecule has 4 rings (SSSR count). The van der Waals surface area contributed by atoms with Gasteiger partial charge in [-0.2, -0.15) is 0 Å². The predicted molar refractivity (Wildman–Crippen MR) is 172 cm³/mol. The predicted octanol–water partition coefficient (Wildman–Crippen LogP) is 5.83. The average Bonchev–Trinajstić information content (AvgIpc) is 3.88. The number of amides is 3. The van der Waals surface area contributed by atoms with Crippen molar-refractivity contribution in [2.45, 2.75) is 114 Å². The van der Waals surface area contributed by atoms with Crippen molar-refractivity contribution in [1.29, 1.82) is 0 Å². The van der Waals surface area contributed by atoms with Crippen LogP contribution in [0, 0.1) is 11.3 Å². The highest BCUT2D eigenvalue weighted by molar-refractivity contribution is 8.00. The van der Waals surface area contributed by atoms with Gasteiger partial charge in [0.05, 0.1) is 24.4 Å². The second-order valence-electron chi connectivity index (χ2n) is 13.8. The minimum absolute atomic E-state index is 0.0165. The van der Waals surface area contributed by atoms with E-state index in [1.807, 2.05) is 26.8 Å². The summed E-state index contributed by atoms with van der Waals surface area (Å²) in [6.45, 7) is 12.4. The van der Waals surface area contributed by atoms with Gasteiger partial charge in [-0.1, -0.05) is 38.5 Å². The maximum atomic E-state index is 12.8. The molecule has 2 heterocycles. The number of thioether (sulfide) groups is 1. The number of methoxy groups -OCH3 is 1. The van der Waals surface area contributed by atoms with Gasteiger partial charge in [0.1, 0.15) is 29.2 Å². The number of carbonyl (C=O) groups excluding carboxylic acids is 4. The average molecular weight is 645 g/mol. The number of anilines is 1. The van der Waals surface area contributed by atoms with Gasteiger partial charge in [-0.3, -0.25) is 19.7 Å². The zero-order valence-electron chi connectivity index (χ0n) is 27.5. The monoisotopic (exact) mass is 644 g/mol. The number of hydrogen-bond acceptors (Lipinski definition) is 9. The van der Waals surface area contributed by atoms with Gasteiger partial charge in [-0.15, -0.1) is 11.8 Å². The third-order valence-corrected chi connectivity index (χ3v) is 9.86. The van der Waals surface area contributed by atoms with E-state index < -0.39 is 35.2 Å². The molecule has 1 aromatic rings. The molecule has 45 heavy (non-hydrogen) atoms. The lowest BCUT2D eigenvalue weighted by Crippen LogP contribution is -2.56. The minimum atomic E-state index is -0.812. The number of rotatable bonds is 13. The fourth-order valence-electron chi connectivity index (χ4n) is 6.21. The van der Waals surface area contributed by atoms with Crippen LogP contribution < -0.4 is 10.6 Å². The van der Waals surface area contributed by atoms with Gasteiger partial charge in [0, 0.05) is 35.9 Å². The molecular weight excluding hydrogens is 596 g/mol. The van der Waals surface area contributed by atoms with E-state index in [2.05, 4.69) is 37.5 Å². The van der Waals surface area contributed by atoms with Gasteiger partial charge < -0.3 is 24.3 Å². The van der Waals surface area contributed by atoms with E-state index in [1.165, 1.54) is 17.3 Å². The highest BCUT2D eigenvalue weighted by atomic mass is 32.2. The number of hydrogen-bond donors (Lipinski definition) is 2. The molecule has 0 radical (unpaired) electrons. The standard InChI is InChI=1S/C34H48N2O8S/c1-21(2)14-15-26-33(6,44-26)30-29(41-7)24(16-17-34(30)20-42-34)43-31(40)36-28(39)19-45-23-11-8-10-22(18-23)35-27(38)13-9-12-25(37)32(3,4)5/h8,10-11,14,18,24,26,29-30H,9,12-13,15-17,19-20H2,1-7H3,(H,35,38)(H,36,39,40)/t24-,26-,29-,30-,33?,34+/m1/s1. The number of ether oxygens (including phenoxy) is 4. The van der Waals surface area contributed by atoms with Crippen molar-refractivity contribution in [1.82, 2.24) is 5.32 Å². The second kappa shape index (κ2) is 14.4. The van der Waals surface area contributed by atoms with Gasteiger partial charge >= 0.3 is 6.09 Å². The molecule has 2 aliphatic heterocycles. The van der Waals surface area contributed by atoms with Crippen molar-refractivity contribution in [2.24, 2.45) is 11.3 Å². The molecule has 2 N–H and O–H groups in total. The van der Waals surface area contributed by atoms with E-state index in [9.17, 15) is 19.2 Å². The molecule has 1 spiro atoms. The van der Waals surface area contributed by atoms with Crippen molar-refractivity contribution in [3.8, 4) is 0 Å². The normalized spacial score (nSPS) is 28.6. The lowest BCUT2D eigenvalue weighted by Gasteiger charge is -2.42.